The van der Waals surface area contributed by atoms with Crippen LogP contribution in [0.5, 0.6) is 0 Å². The Labute approximate surface area is 115 Å². The molecule has 18 heavy (non-hydrogen) atoms. The van der Waals surface area contributed by atoms with Crippen molar-refractivity contribution < 1.29 is 0 Å². The highest BCUT2D eigenvalue weighted by atomic mass is 32.1. The van der Waals surface area contributed by atoms with Crippen molar-refractivity contribution in [3.63, 3.8) is 0 Å². The monoisotopic (exact) mass is 266 g/mol. The average Bonchev–Trinajstić information content (AvgIpc) is 2.77. The Morgan fingerprint density at radius 2 is 2.17 bits per heavy atom. The van der Waals surface area contributed by atoms with Crippen molar-refractivity contribution in [1.82, 2.24) is 4.90 Å². The highest BCUT2D eigenvalue weighted by molar-refractivity contribution is 7.10. The van der Waals surface area contributed by atoms with E-state index in [9.17, 15) is 0 Å². The minimum Gasteiger partial charge on any atom is -0.329 e. The standard InChI is InChI=1S/C15H26N2S/c1-11-6-4-5-7-13(11)17(3)14(10-16)15-12(2)8-9-18-15/h8-9,11,13-14H,4-7,10,16H2,1-3H3. The molecule has 1 saturated carbocycles. The van der Waals surface area contributed by atoms with Crippen molar-refractivity contribution in [2.24, 2.45) is 11.7 Å². The summed E-state index contributed by atoms with van der Waals surface area (Å²) >= 11 is 1.85. The summed E-state index contributed by atoms with van der Waals surface area (Å²) in [5.74, 6) is 0.804. The maximum atomic E-state index is 6.05. The molecule has 0 bridgehead atoms. The number of rotatable bonds is 4. The summed E-state index contributed by atoms with van der Waals surface area (Å²) in [6.07, 6.45) is 5.48. The van der Waals surface area contributed by atoms with Gasteiger partial charge < -0.3 is 5.73 Å². The third-order valence-corrected chi connectivity index (χ3v) is 5.63. The summed E-state index contributed by atoms with van der Waals surface area (Å²) in [7, 11) is 2.27. The molecule has 1 fully saturated rings. The third kappa shape index (κ3) is 2.79. The van der Waals surface area contributed by atoms with E-state index in [1.807, 2.05) is 11.3 Å². The van der Waals surface area contributed by atoms with Crippen LogP contribution in [0.3, 0.4) is 0 Å². The largest absolute Gasteiger partial charge is 0.329 e. The predicted molar refractivity (Wildman–Crippen MR) is 80.0 cm³/mol. The van der Waals surface area contributed by atoms with Gasteiger partial charge in [0.1, 0.15) is 0 Å². The van der Waals surface area contributed by atoms with E-state index in [0.29, 0.717) is 12.1 Å². The van der Waals surface area contributed by atoms with Gasteiger partial charge in [0.25, 0.3) is 0 Å². The lowest BCUT2D eigenvalue weighted by molar-refractivity contribution is 0.100. The average molecular weight is 266 g/mol. The van der Waals surface area contributed by atoms with Crippen LogP contribution < -0.4 is 5.73 Å². The summed E-state index contributed by atoms with van der Waals surface area (Å²) in [6.45, 7) is 5.32. The van der Waals surface area contributed by atoms with Crippen LogP contribution >= 0.6 is 11.3 Å². The Bertz CT molecular complexity index is 374. The second-order valence-electron chi connectivity index (χ2n) is 5.71. The Balaban J connectivity index is 2.14. The quantitative estimate of drug-likeness (QED) is 0.903. The van der Waals surface area contributed by atoms with Gasteiger partial charge in [0.15, 0.2) is 0 Å². The van der Waals surface area contributed by atoms with Gasteiger partial charge >= 0.3 is 0 Å². The van der Waals surface area contributed by atoms with E-state index in [-0.39, 0.29) is 0 Å². The number of nitrogens with zero attached hydrogens (tertiary/aromatic N) is 1. The Morgan fingerprint density at radius 3 is 2.72 bits per heavy atom. The van der Waals surface area contributed by atoms with Gasteiger partial charge in [-0.1, -0.05) is 19.8 Å². The molecule has 3 heteroatoms. The van der Waals surface area contributed by atoms with Gasteiger partial charge in [-0.2, -0.15) is 0 Å². The minimum atomic E-state index is 0.399. The lowest BCUT2D eigenvalue weighted by atomic mass is 9.84. The van der Waals surface area contributed by atoms with Crippen LogP contribution in [0.4, 0.5) is 0 Å². The second-order valence-corrected chi connectivity index (χ2v) is 6.66. The van der Waals surface area contributed by atoms with E-state index in [1.165, 1.54) is 36.1 Å². The van der Waals surface area contributed by atoms with Crippen molar-refractivity contribution in [3.05, 3.63) is 21.9 Å². The summed E-state index contributed by atoms with van der Waals surface area (Å²) in [5.41, 5.74) is 7.45. The van der Waals surface area contributed by atoms with E-state index in [1.54, 1.807) is 0 Å². The zero-order valence-corrected chi connectivity index (χ0v) is 12.7. The molecule has 0 radical (unpaired) electrons. The van der Waals surface area contributed by atoms with Gasteiger partial charge in [0, 0.05) is 17.5 Å². The first kappa shape index (κ1) is 14.0. The first-order valence-electron chi connectivity index (χ1n) is 7.11. The molecule has 0 spiro atoms. The van der Waals surface area contributed by atoms with Gasteiger partial charge in [-0.25, -0.2) is 0 Å². The molecule has 0 saturated heterocycles. The molecule has 1 aromatic rings. The van der Waals surface area contributed by atoms with Crippen molar-refractivity contribution in [2.45, 2.75) is 51.6 Å². The fraction of sp³-hybridized carbons (Fsp3) is 0.733. The molecule has 3 atom stereocenters. The van der Waals surface area contributed by atoms with Crippen LogP contribution in [-0.2, 0) is 0 Å². The number of hydrogen-bond acceptors (Lipinski definition) is 3. The number of hydrogen-bond donors (Lipinski definition) is 1. The van der Waals surface area contributed by atoms with E-state index < -0.39 is 0 Å². The molecule has 1 aliphatic rings. The third-order valence-electron chi connectivity index (χ3n) is 4.51. The van der Waals surface area contributed by atoms with Crippen LogP contribution in [0.15, 0.2) is 11.4 Å². The lowest BCUT2D eigenvalue weighted by Gasteiger charge is -2.40. The maximum Gasteiger partial charge on any atom is 0.0566 e. The molecule has 2 nitrogen and oxygen atoms in total. The van der Waals surface area contributed by atoms with Crippen molar-refractivity contribution in [3.8, 4) is 0 Å². The predicted octanol–water partition coefficient (Wildman–Crippen LogP) is 3.57. The fourth-order valence-corrected chi connectivity index (χ4v) is 4.41. The lowest BCUT2D eigenvalue weighted by Crippen LogP contribution is -2.43. The maximum absolute atomic E-state index is 6.05. The molecule has 1 heterocycles. The topological polar surface area (TPSA) is 29.3 Å². The molecule has 2 rings (SSSR count). The molecule has 0 amide bonds. The zero-order valence-electron chi connectivity index (χ0n) is 11.9. The highest BCUT2D eigenvalue weighted by Crippen LogP contribution is 2.34. The van der Waals surface area contributed by atoms with Crippen LogP contribution in [0.2, 0.25) is 0 Å². The van der Waals surface area contributed by atoms with E-state index in [0.717, 1.165) is 12.5 Å². The molecule has 0 aromatic carbocycles. The smallest absolute Gasteiger partial charge is 0.0566 e. The van der Waals surface area contributed by atoms with Gasteiger partial charge in [-0.15, -0.1) is 11.3 Å². The number of aryl methyl sites for hydroxylation is 1. The molecule has 3 unspecified atom stereocenters. The van der Waals surface area contributed by atoms with Crippen molar-refractivity contribution in [2.75, 3.05) is 13.6 Å². The minimum absolute atomic E-state index is 0.399. The molecule has 1 aromatic heterocycles. The number of likely N-dealkylation sites (N-methyl/N-ethyl adjacent to an activating group) is 1. The Hall–Kier alpha value is -0.380. The van der Waals surface area contributed by atoms with Gasteiger partial charge in [0.2, 0.25) is 0 Å². The number of nitrogens with two attached hydrogens (primary N) is 1. The van der Waals surface area contributed by atoms with Crippen LogP contribution in [-0.4, -0.2) is 24.5 Å². The fourth-order valence-electron chi connectivity index (χ4n) is 3.32. The van der Waals surface area contributed by atoms with Gasteiger partial charge in [-0.3, -0.25) is 4.90 Å². The SMILES string of the molecule is Cc1ccsc1C(CN)N(C)C1CCCCC1C. The molecule has 0 aliphatic heterocycles. The summed E-state index contributed by atoms with van der Waals surface area (Å²) < 4.78 is 0. The molecule has 1 aliphatic carbocycles. The summed E-state index contributed by atoms with van der Waals surface area (Å²) in [4.78, 5) is 4.00. The molecular weight excluding hydrogens is 240 g/mol. The highest BCUT2D eigenvalue weighted by Gasteiger charge is 2.30. The molecule has 2 N–H and O–H groups in total. The second kappa shape index (κ2) is 6.18. The van der Waals surface area contributed by atoms with Gasteiger partial charge in [-0.05, 0) is 49.7 Å². The number of thiophene rings is 1. The van der Waals surface area contributed by atoms with Crippen molar-refractivity contribution >= 4 is 11.3 Å². The summed E-state index contributed by atoms with van der Waals surface area (Å²) in [6, 6.07) is 3.31. The van der Waals surface area contributed by atoms with Gasteiger partial charge in [0.05, 0.1) is 6.04 Å². The van der Waals surface area contributed by atoms with Crippen molar-refractivity contribution in [1.29, 1.82) is 0 Å². The molecule has 102 valence electrons. The first-order chi connectivity index (χ1) is 8.65. The zero-order chi connectivity index (χ0) is 13.1. The Morgan fingerprint density at radius 1 is 1.44 bits per heavy atom. The van der Waals surface area contributed by atoms with E-state index in [2.05, 4.69) is 37.2 Å². The van der Waals surface area contributed by atoms with E-state index in [4.69, 9.17) is 5.73 Å². The van der Waals surface area contributed by atoms with Crippen LogP contribution in [0.25, 0.3) is 0 Å². The van der Waals surface area contributed by atoms with E-state index >= 15 is 0 Å². The normalized spacial score (nSPS) is 26.5. The van der Waals surface area contributed by atoms with Crippen LogP contribution in [0.1, 0.15) is 49.1 Å². The summed E-state index contributed by atoms with van der Waals surface area (Å²) in [5, 5.41) is 2.19. The van der Waals surface area contributed by atoms with Crippen LogP contribution in [0, 0.1) is 12.8 Å². The Kier molecular flexibility index (Phi) is 4.82. The first-order valence-corrected chi connectivity index (χ1v) is 7.99. The molecular formula is C15H26N2S.